The molecular weight excluding hydrogens is 266 g/mol. The number of aromatic nitrogens is 2. The van der Waals surface area contributed by atoms with Crippen molar-refractivity contribution >= 4 is 5.78 Å². The van der Waals surface area contributed by atoms with Crippen LogP contribution < -0.4 is 0 Å². The minimum absolute atomic E-state index is 0.119. The van der Waals surface area contributed by atoms with E-state index in [1.807, 2.05) is 17.7 Å². The van der Waals surface area contributed by atoms with Crippen molar-refractivity contribution in [2.24, 2.45) is 0 Å². The average Bonchev–Trinajstić information content (AvgIpc) is 2.88. The molecule has 2 rings (SSSR count). The molecule has 0 N–H and O–H groups in total. The van der Waals surface area contributed by atoms with Crippen LogP contribution in [0.5, 0.6) is 0 Å². The van der Waals surface area contributed by atoms with Gasteiger partial charge in [-0.2, -0.15) is 5.10 Å². The Morgan fingerprint density at radius 2 is 2.29 bits per heavy atom. The summed E-state index contributed by atoms with van der Waals surface area (Å²) in [5.74, 6) is 0.119. The van der Waals surface area contributed by atoms with Crippen LogP contribution >= 0.6 is 0 Å². The van der Waals surface area contributed by atoms with Crippen LogP contribution in [0.3, 0.4) is 0 Å². The van der Waals surface area contributed by atoms with Gasteiger partial charge in [-0.25, -0.2) is 0 Å². The minimum atomic E-state index is 0.119. The number of carbonyl (C=O) groups is 1. The zero-order valence-corrected chi connectivity index (χ0v) is 13.5. The fraction of sp³-hybridized carbons (Fsp3) is 0.750. The van der Waals surface area contributed by atoms with Gasteiger partial charge in [0.15, 0.2) is 5.78 Å². The van der Waals surface area contributed by atoms with E-state index < -0.39 is 0 Å². The van der Waals surface area contributed by atoms with Gasteiger partial charge in [-0.1, -0.05) is 20.3 Å². The zero-order valence-electron chi connectivity index (χ0n) is 13.5. The van der Waals surface area contributed by atoms with Gasteiger partial charge in [-0.3, -0.25) is 14.4 Å². The molecule has 1 aliphatic rings. The fourth-order valence-corrected chi connectivity index (χ4v) is 2.70. The third-order valence-electron chi connectivity index (χ3n) is 3.93. The Morgan fingerprint density at radius 3 is 2.95 bits per heavy atom. The number of ether oxygens (including phenoxy) is 1. The Bertz CT molecular complexity index is 470. The number of aryl methyl sites for hydroxylation is 2. The molecule has 0 amide bonds. The maximum Gasteiger partial charge on any atom is 0.196 e. The molecule has 0 bridgehead atoms. The lowest BCUT2D eigenvalue weighted by molar-refractivity contribution is -0.0158. The monoisotopic (exact) mass is 293 g/mol. The lowest BCUT2D eigenvalue weighted by Gasteiger charge is -2.30. The maximum atomic E-state index is 12.4. The lowest BCUT2D eigenvalue weighted by atomic mass is 10.2. The molecule has 0 radical (unpaired) electrons. The number of hydrogen-bond donors (Lipinski definition) is 0. The number of unbranched alkanes of at least 4 members (excludes halogenated alkanes) is 1. The first kappa shape index (κ1) is 16.2. The van der Waals surface area contributed by atoms with E-state index in [0.717, 1.165) is 44.6 Å². The van der Waals surface area contributed by atoms with Crippen LogP contribution in [0.1, 0.15) is 49.8 Å². The van der Waals surface area contributed by atoms with Gasteiger partial charge in [-0.05, 0) is 25.8 Å². The Kier molecular flexibility index (Phi) is 5.94. The van der Waals surface area contributed by atoms with E-state index in [-0.39, 0.29) is 11.9 Å². The van der Waals surface area contributed by atoms with Crippen molar-refractivity contribution in [1.29, 1.82) is 0 Å². The quantitative estimate of drug-likeness (QED) is 0.723. The largest absolute Gasteiger partial charge is 0.376 e. The highest BCUT2D eigenvalue weighted by molar-refractivity contribution is 5.95. The molecule has 1 atom stereocenters. The predicted octanol–water partition coefficient (Wildman–Crippen LogP) is 2.15. The molecule has 1 aromatic heterocycles. The molecule has 5 heteroatoms. The molecule has 0 saturated carbocycles. The minimum Gasteiger partial charge on any atom is -0.376 e. The van der Waals surface area contributed by atoms with E-state index in [1.54, 1.807) is 0 Å². The van der Waals surface area contributed by atoms with Gasteiger partial charge < -0.3 is 4.74 Å². The number of Topliss-reactive ketones (excluding diaryl/α,β-unsaturated/α-hetero) is 1. The number of ketones is 1. The van der Waals surface area contributed by atoms with Gasteiger partial charge in [0.1, 0.15) is 5.69 Å². The molecule has 1 fully saturated rings. The molecule has 1 saturated heterocycles. The van der Waals surface area contributed by atoms with Crippen molar-refractivity contribution in [3.05, 3.63) is 17.5 Å². The van der Waals surface area contributed by atoms with Gasteiger partial charge in [0, 0.05) is 25.3 Å². The van der Waals surface area contributed by atoms with Crippen LogP contribution in [0, 0.1) is 0 Å². The average molecular weight is 293 g/mol. The van der Waals surface area contributed by atoms with Crippen molar-refractivity contribution in [1.82, 2.24) is 14.7 Å². The second kappa shape index (κ2) is 7.71. The first-order chi connectivity index (χ1) is 10.1. The van der Waals surface area contributed by atoms with Gasteiger partial charge in [0.25, 0.3) is 0 Å². The summed E-state index contributed by atoms with van der Waals surface area (Å²) >= 11 is 0. The third kappa shape index (κ3) is 4.38. The molecule has 5 nitrogen and oxygen atoms in total. The van der Waals surface area contributed by atoms with Crippen molar-refractivity contribution < 1.29 is 9.53 Å². The van der Waals surface area contributed by atoms with Crippen LogP contribution in [0.15, 0.2) is 6.07 Å². The molecule has 0 spiro atoms. The van der Waals surface area contributed by atoms with Gasteiger partial charge >= 0.3 is 0 Å². The topological polar surface area (TPSA) is 47.4 Å². The summed E-state index contributed by atoms with van der Waals surface area (Å²) in [6, 6.07) is 1.96. The second-order valence-electron chi connectivity index (χ2n) is 5.79. The maximum absolute atomic E-state index is 12.4. The van der Waals surface area contributed by atoms with Gasteiger partial charge in [0.05, 0.1) is 19.3 Å². The van der Waals surface area contributed by atoms with Crippen LogP contribution in [0.4, 0.5) is 0 Å². The van der Waals surface area contributed by atoms with E-state index in [4.69, 9.17) is 4.74 Å². The molecule has 1 unspecified atom stereocenters. The normalized spacial score (nSPS) is 19.9. The van der Waals surface area contributed by atoms with E-state index in [0.29, 0.717) is 18.8 Å². The molecular formula is C16H27N3O2. The fourth-order valence-electron chi connectivity index (χ4n) is 2.70. The van der Waals surface area contributed by atoms with Crippen LogP contribution in [-0.4, -0.2) is 52.8 Å². The van der Waals surface area contributed by atoms with E-state index >= 15 is 0 Å². The highest BCUT2D eigenvalue weighted by atomic mass is 16.5. The third-order valence-corrected chi connectivity index (χ3v) is 3.93. The Balaban J connectivity index is 1.99. The van der Waals surface area contributed by atoms with Crippen molar-refractivity contribution in [3.63, 3.8) is 0 Å². The highest BCUT2D eigenvalue weighted by Gasteiger charge is 2.21. The molecule has 0 aromatic carbocycles. The summed E-state index contributed by atoms with van der Waals surface area (Å²) < 4.78 is 7.51. The van der Waals surface area contributed by atoms with Gasteiger partial charge in [-0.15, -0.1) is 0 Å². The Labute approximate surface area is 127 Å². The summed E-state index contributed by atoms with van der Waals surface area (Å²) in [6.45, 7) is 10.0. The summed E-state index contributed by atoms with van der Waals surface area (Å²) in [5, 5.41) is 4.51. The van der Waals surface area contributed by atoms with Crippen molar-refractivity contribution in [3.8, 4) is 0 Å². The predicted molar refractivity (Wildman–Crippen MR) is 82.7 cm³/mol. The summed E-state index contributed by atoms with van der Waals surface area (Å²) in [7, 11) is 0. The van der Waals surface area contributed by atoms with Crippen LogP contribution in [0.25, 0.3) is 0 Å². The summed E-state index contributed by atoms with van der Waals surface area (Å²) in [5.41, 5.74) is 1.77. The molecule has 1 aromatic rings. The first-order valence-corrected chi connectivity index (χ1v) is 8.07. The SMILES string of the molecule is CCCCn1nc(C(=O)CN2CCOC(C)C2)cc1CC. The van der Waals surface area contributed by atoms with Crippen molar-refractivity contribution in [2.75, 3.05) is 26.2 Å². The van der Waals surface area contributed by atoms with E-state index in [2.05, 4.69) is 23.8 Å². The lowest BCUT2D eigenvalue weighted by Crippen LogP contribution is -2.43. The van der Waals surface area contributed by atoms with Gasteiger partial charge in [0.2, 0.25) is 0 Å². The number of morpholine rings is 1. The second-order valence-corrected chi connectivity index (χ2v) is 5.79. The van der Waals surface area contributed by atoms with Crippen LogP contribution in [0.2, 0.25) is 0 Å². The summed E-state index contributed by atoms with van der Waals surface area (Å²) in [6.07, 6.45) is 3.36. The zero-order chi connectivity index (χ0) is 15.2. The number of carbonyl (C=O) groups excluding carboxylic acids is 1. The molecule has 0 aliphatic carbocycles. The number of rotatable bonds is 7. The molecule has 21 heavy (non-hydrogen) atoms. The Hall–Kier alpha value is -1.20. The van der Waals surface area contributed by atoms with E-state index in [1.165, 1.54) is 0 Å². The number of hydrogen-bond acceptors (Lipinski definition) is 4. The molecule has 2 heterocycles. The Morgan fingerprint density at radius 1 is 1.48 bits per heavy atom. The van der Waals surface area contributed by atoms with Crippen LogP contribution in [-0.2, 0) is 17.7 Å². The van der Waals surface area contributed by atoms with Crippen molar-refractivity contribution in [2.45, 2.75) is 52.7 Å². The smallest absolute Gasteiger partial charge is 0.196 e. The standard InChI is InChI=1S/C16H27N3O2/c1-4-6-7-19-14(5-2)10-15(17-19)16(20)12-18-8-9-21-13(3)11-18/h10,13H,4-9,11-12H2,1-3H3. The molecule has 118 valence electrons. The summed E-state index contributed by atoms with van der Waals surface area (Å²) in [4.78, 5) is 14.6. The molecule has 1 aliphatic heterocycles. The first-order valence-electron chi connectivity index (χ1n) is 8.07. The number of nitrogens with zero attached hydrogens (tertiary/aromatic N) is 3. The van der Waals surface area contributed by atoms with E-state index in [9.17, 15) is 4.79 Å². The highest BCUT2D eigenvalue weighted by Crippen LogP contribution is 2.10.